The van der Waals surface area contributed by atoms with Gasteiger partial charge in [0.1, 0.15) is 10.7 Å². The van der Waals surface area contributed by atoms with Crippen molar-refractivity contribution in [3.05, 3.63) is 16.1 Å². The van der Waals surface area contributed by atoms with Crippen LogP contribution in [0.1, 0.15) is 41.2 Å². The quantitative estimate of drug-likeness (QED) is 0.846. The van der Waals surface area contributed by atoms with E-state index in [1.54, 1.807) is 5.38 Å². The Balaban J connectivity index is 0.00000220. The van der Waals surface area contributed by atoms with E-state index in [0.717, 1.165) is 30.9 Å². The summed E-state index contributed by atoms with van der Waals surface area (Å²) in [5.74, 6) is -0.127. The second-order valence-electron chi connectivity index (χ2n) is 4.78. The number of carbonyl (C=O) groups is 2. The molecule has 118 valence electrons. The van der Waals surface area contributed by atoms with Crippen LogP contribution in [0.4, 0.5) is 0 Å². The van der Waals surface area contributed by atoms with E-state index in [2.05, 4.69) is 10.3 Å². The van der Waals surface area contributed by atoms with Crippen molar-refractivity contribution in [2.45, 2.75) is 32.2 Å². The Labute approximate surface area is 134 Å². The molecule has 0 bridgehead atoms. The van der Waals surface area contributed by atoms with E-state index in [4.69, 9.17) is 5.73 Å². The number of hydrogen-bond acceptors (Lipinski definition) is 5. The molecular weight excluding hydrogens is 312 g/mol. The first kappa shape index (κ1) is 17.9. The molecule has 1 fully saturated rings. The van der Waals surface area contributed by atoms with Crippen LogP contribution in [0.25, 0.3) is 0 Å². The zero-order valence-electron chi connectivity index (χ0n) is 11.8. The third-order valence-electron chi connectivity index (χ3n) is 3.29. The van der Waals surface area contributed by atoms with Gasteiger partial charge in [-0.1, -0.05) is 0 Å². The molecule has 0 aromatic carbocycles. The monoisotopic (exact) mass is 332 g/mol. The van der Waals surface area contributed by atoms with Crippen LogP contribution in [-0.4, -0.2) is 41.3 Å². The molecular formula is C13H21ClN4O2S. The van der Waals surface area contributed by atoms with Crippen molar-refractivity contribution in [1.29, 1.82) is 0 Å². The maximum Gasteiger partial charge on any atom is 0.270 e. The van der Waals surface area contributed by atoms with E-state index in [0.29, 0.717) is 25.2 Å². The topological polar surface area (TPSA) is 88.3 Å². The fraction of sp³-hybridized carbons (Fsp3) is 0.615. The van der Waals surface area contributed by atoms with Crippen LogP contribution in [0.15, 0.2) is 5.38 Å². The number of nitrogens with one attached hydrogen (secondary N) is 1. The van der Waals surface area contributed by atoms with Gasteiger partial charge in [0.15, 0.2) is 0 Å². The van der Waals surface area contributed by atoms with Crippen molar-refractivity contribution >= 4 is 35.6 Å². The van der Waals surface area contributed by atoms with Gasteiger partial charge in [-0.15, -0.1) is 23.7 Å². The first-order chi connectivity index (χ1) is 9.70. The molecule has 0 saturated carbocycles. The molecule has 2 rings (SSSR count). The molecule has 1 aliphatic rings. The molecule has 2 amide bonds. The zero-order chi connectivity index (χ0) is 14.4. The van der Waals surface area contributed by atoms with Crippen molar-refractivity contribution in [1.82, 2.24) is 15.2 Å². The number of nitrogens with two attached hydrogens (primary N) is 1. The van der Waals surface area contributed by atoms with Gasteiger partial charge in [0.2, 0.25) is 5.91 Å². The highest BCUT2D eigenvalue weighted by atomic mass is 35.5. The molecule has 2 heterocycles. The number of hydrogen-bond donors (Lipinski definition) is 2. The zero-order valence-corrected chi connectivity index (χ0v) is 13.5. The number of nitrogens with zero attached hydrogens (tertiary/aromatic N) is 2. The molecule has 0 atom stereocenters. The number of halogens is 1. The summed E-state index contributed by atoms with van der Waals surface area (Å²) in [4.78, 5) is 29.7. The van der Waals surface area contributed by atoms with Crippen molar-refractivity contribution in [3.8, 4) is 0 Å². The fourth-order valence-electron chi connectivity index (χ4n) is 2.18. The summed E-state index contributed by atoms with van der Waals surface area (Å²) in [7, 11) is 0. The highest BCUT2D eigenvalue weighted by molar-refractivity contribution is 7.09. The van der Waals surface area contributed by atoms with Crippen molar-refractivity contribution in [3.63, 3.8) is 0 Å². The highest BCUT2D eigenvalue weighted by Crippen LogP contribution is 2.10. The molecule has 1 aromatic heterocycles. The van der Waals surface area contributed by atoms with E-state index in [9.17, 15) is 9.59 Å². The maximum atomic E-state index is 11.9. The highest BCUT2D eigenvalue weighted by Gasteiger charge is 2.16. The van der Waals surface area contributed by atoms with Gasteiger partial charge in [-0.3, -0.25) is 9.59 Å². The summed E-state index contributed by atoms with van der Waals surface area (Å²) in [5, 5.41) is 5.14. The third kappa shape index (κ3) is 5.26. The lowest BCUT2D eigenvalue weighted by Crippen LogP contribution is -2.37. The predicted molar refractivity (Wildman–Crippen MR) is 84.6 cm³/mol. The molecule has 1 aromatic rings. The molecule has 3 N–H and O–H groups in total. The van der Waals surface area contributed by atoms with Crippen molar-refractivity contribution < 1.29 is 9.59 Å². The van der Waals surface area contributed by atoms with Gasteiger partial charge in [-0.05, 0) is 19.3 Å². The third-order valence-corrected chi connectivity index (χ3v) is 4.16. The molecule has 0 aliphatic carbocycles. The summed E-state index contributed by atoms with van der Waals surface area (Å²) in [5.41, 5.74) is 5.83. The molecule has 1 aliphatic heterocycles. The SMILES string of the molecule is Cl.NCc1nc(C(=O)NCCC(=O)N2CCCCC2)cs1. The number of likely N-dealkylation sites (tertiary alicyclic amines) is 1. The number of piperidine rings is 1. The van der Waals surface area contributed by atoms with E-state index >= 15 is 0 Å². The molecule has 0 radical (unpaired) electrons. The van der Waals surface area contributed by atoms with E-state index in [1.165, 1.54) is 17.8 Å². The summed E-state index contributed by atoms with van der Waals surface area (Å²) in [6.45, 7) is 2.38. The Hall–Kier alpha value is -1.18. The molecule has 0 unspecified atom stereocenters. The number of amides is 2. The van der Waals surface area contributed by atoms with Gasteiger partial charge in [0, 0.05) is 38.0 Å². The molecule has 21 heavy (non-hydrogen) atoms. The van der Waals surface area contributed by atoms with Gasteiger partial charge < -0.3 is 16.0 Å². The first-order valence-electron chi connectivity index (χ1n) is 6.91. The second kappa shape index (κ2) is 8.96. The Morgan fingerprint density at radius 1 is 1.33 bits per heavy atom. The minimum atomic E-state index is -0.243. The predicted octanol–water partition coefficient (Wildman–Crippen LogP) is 1.16. The van der Waals surface area contributed by atoms with Gasteiger partial charge in [-0.2, -0.15) is 0 Å². The summed E-state index contributed by atoms with van der Waals surface area (Å²) < 4.78 is 0. The van der Waals surface area contributed by atoms with Crippen LogP contribution in [0.5, 0.6) is 0 Å². The molecule has 6 nitrogen and oxygen atoms in total. The van der Waals surface area contributed by atoms with Gasteiger partial charge in [0.05, 0.1) is 0 Å². The standard InChI is InChI=1S/C13H20N4O2S.ClH/c14-8-11-16-10(9-20-11)13(19)15-5-4-12(18)17-6-2-1-3-7-17;/h9H,1-8,14H2,(H,15,19);1H. The molecule has 0 spiro atoms. The Morgan fingerprint density at radius 2 is 2.05 bits per heavy atom. The molecule has 1 saturated heterocycles. The van der Waals surface area contributed by atoms with E-state index in [1.807, 2.05) is 4.90 Å². The number of carbonyl (C=O) groups excluding carboxylic acids is 2. The normalized spacial score (nSPS) is 14.4. The lowest BCUT2D eigenvalue weighted by molar-refractivity contribution is -0.131. The lowest BCUT2D eigenvalue weighted by Gasteiger charge is -2.26. The fourth-order valence-corrected chi connectivity index (χ4v) is 2.84. The van der Waals surface area contributed by atoms with Crippen LogP contribution >= 0.6 is 23.7 Å². The summed E-state index contributed by atoms with van der Waals surface area (Å²) in [6, 6.07) is 0. The average molecular weight is 333 g/mol. The first-order valence-corrected chi connectivity index (χ1v) is 7.79. The van der Waals surface area contributed by atoms with Crippen molar-refractivity contribution in [2.24, 2.45) is 5.73 Å². The Morgan fingerprint density at radius 3 is 2.67 bits per heavy atom. The number of aromatic nitrogens is 1. The van der Waals surface area contributed by atoms with Gasteiger partial charge in [-0.25, -0.2) is 4.98 Å². The lowest BCUT2D eigenvalue weighted by atomic mass is 10.1. The maximum absolute atomic E-state index is 11.9. The van der Waals surface area contributed by atoms with Crippen LogP contribution in [0.2, 0.25) is 0 Å². The average Bonchev–Trinajstić information content (AvgIpc) is 2.97. The van der Waals surface area contributed by atoms with E-state index < -0.39 is 0 Å². The number of thiazole rings is 1. The largest absolute Gasteiger partial charge is 0.350 e. The van der Waals surface area contributed by atoms with Crippen LogP contribution in [0, 0.1) is 0 Å². The van der Waals surface area contributed by atoms with Crippen LogP contribution < -0.4 is 11.1 Å². The summed E-state index contributed by atoms with van der Waals surface area (Å²) in [6.07, 6.45) is 3.71. The minimum Gasteiger partial charge on any atom is -0.350 e. The molecule has 8 heteroatoms. The van der Waals surface area contributed by atoms with Gasteiger partial charge >= 0.3 is 0 Å². The minimum absolute atomic E-state index is 0. The summed E-state index contributed by atoms with van der Waals surface area (Å²) >= 11 is 1.37. The second-order valence-corrected chi connectivity index (χ2v) is 5.72. The van der Waals surface area contributed by atoms with Crippen LogP contribution in [-0.2, 0) is 11.3 Å². The Kier molecular flexibility index (Phi) is 7.63. The van der Waals surface area contributed by atoms with Gasteiger partial charge in [0.25, 0.3) is 5.91 Å². The van der Waals surface area contributed by atoms with Crippen LogP contribution in [0.3, 0.4) is 0 Å². The Bertz CT molecular complexity index is 474. The smallest absolute Gasteiger partial charge is 0.270 e. The number of rotatable bonds is 5. The van der Waals surface area contributed by atoms with E-state index in [-0.39, 0.29) is 24.2 Å². The van der Waals surface area contributed by atoms with Crippen molar-refractivity contribution in [2.75, 3.05) is 19.6 Å².